The van der Waals surface area contributed by atoms with E-state index in [0.717, 1.165) is 18.4 Å². The van der Waals surface area contributed by atoms with E-state index in [2.05, 4.69) is 19.2 Å². The molecule has 1 N–H and O–H groups in total. The summed E-state index contributed by atoms with van der Waals surface area (Å²) < 4.78 is 0. The van der Waals surface area contributed by atoms with Crippen LogP contribution in [-0.2, 0) is 0 Å². The first-order valence-electron chi connectivity index (χ1n) is 4.05. The molecular formula is C8H17N. The molecule has 0 aliphatic heterocycles. The lowest BCUT2D eigenvalue weighted by Crippen LogP contribution is -2.33. The van der Waals surface area contributed by atoms with Gasteiger partial charge in [-0.25, -0.2) is 0 Å². The largest absolute Gasteiger partial charge is 0.317 e. The van der Waals surface area contributed by atoms with Gasteiger partial charge in [-0.15, -0.1) is 0 Å². The van der Waals surface area contributed by atoms with E-state index < -0.39 is 0 Å². The van der Waals surface area contributed by atoms with Crippen molar-refractivity contribution in [1.82, 2.24) is 5.32 Å². The smallest absolute Gasteiger partial charge is 0.00181 e. The first-order valence-corrected chi connectivity index (χ1v) is 4.05. The molecule has 1 rings (SSSR count). The molecule has 0 amide bonds. The molecule has 2 unspecified atom stereocenters. The van der Waals surface area contributed by atoms with Crippen LogP contribution in [0.15, 0.2) is 0 Å². The van der Waals surface area contributed by atoms with Crippen LogP contribution in [0.5, 0.6) is 0 Å². The summed E-state index contributed by atoms with van der Waals surface area (Å²) in [6, 6.07) is 0. The van der Waals surface area contributed by atoms with Gasteiger partial charge in [0.1, 0.15) is 0 Å². The van der Waals surface area contributed by atoms with Gasteiger partial charge in [0.15, 0.2) is 0 Å². The van der Waals surface area contributed by atoms with Crippen LogP contribution >= 0.6 is 0 Å². The van der Waals surface area contributed by atoms with Gasteiger partial charge >= 0.3 is 0 Å². The molecule has 0 bridgehead atoms. The van der Waals surface area contributed by atoms with Gasteiger partial charge in [-0.1, -0.05) is 20.3 Å². The maximum Gasteiger partial charge on any atom is -0.00181 e. The van der Waals surface area contributed by atoms with Crippen molar-refractivity contribution in [2.24, 2.45) is 11.8 Å². The Hall–Kier alpha value is -0.0400. The quantitative estimate of drug-likeness (QED) is 0.607. The molecule has 1 fully saturated rings. The lowest BCUT2D eigenvalue weighted by molar-refractivity contribution is 0.192. The molecule has 0 aromatic heterocycles. The van der Waals surface area contributed by atoms with Crippen molar-refractivity contribution in [1.29, 1.82) is 0 Å². The van der Waals surface area contributed by atoms with Crippen LogP contribution in [0.2, 0.25) is 0 Å². The Bertz CT molecular complexity index is 80.6. The zero-order valence-corrected chi connectivity index (χ0v) is 6.48. The fraction of sp³-hybridized carbons (Fsp3) is 1.00. The van der Waals surface area contributed by atoms with Crippen molar-refractivity contribution in [2.45, 2.75) is 26.7 Å². The standard InChI is InChI=1S/C8H17N/c1-3-9-6-8-5-4-7(8)2/h7-9H,3-6H2,1-2H3. The first kappa shape index (κ1) is 7.07. The van der Waals surface area contributed by atoms with E-state index in [9.17, 15) is 0 Å². The second-order valence-corrected chi connectivity index (χ2v) is 3.12. The molecule has 9 heavy (non-hydrogen) atoms. The summed E-state index contributed by atoms with van der Waals surface area (Å²) >= 11 is 0. The van der Waals surface area contributed by atoms with Gasteiger partial charge in [0.25, 0.3) is 0 Å². The minimum atomic E-state index is 0.990. The summed E-state index contributed by atoms with van der Waals surface area (Å²) in [5.74, 6) is 1.98. The molecule has 1 aliphatic rings. The Labute approximate surface area is 57.8 Å². The van der Waals surface area contributed by atoms with Gasteiger partial charge < -0.3 is 5.32 Å². The zero-order chi connectivity index (χ0) is 6.69. The van der Waals surface area contributed by atoms with Crippen molar-refractivity contribution in [3.05, 3.63) is 0 Å². The second kappa shape index (κ2) is 3.21. The maximum atomic E-state index is 3.38. The van der Waals surface area contributed by atoms with Gasteiger partial charge in [0.05, 0.1) is 0 Å². The van der Waals surface area contributed by atoms with Crippen molar-refractivity contribution in [2.75, 3.05) is 13.1 Å². The van der Waals surface area contributed by atoms with E-state index in [1.54, 1.807) is 0 Å². The summed E-state index contributed by atoms with van der Waals surface area (Å²) in [6.45, 7) is 6.90. The van der Waals surface area contributed by atoms with Crippen molar-refractivity contribution in [3.63, 3.8) is 0 Å². The Morgan fingerprint density at radius 1 is 1.44 bits per heavy atom. The van der Waals surface area contributed by atoms with E-state index >= 15 is 0 Å². The monoisotopic (exact) mass is 127 g/mol. The van der Waals surface area contributed by atoms with Crippen molar-refractivity contribution < 1.29 is 0 Å². The number of hydrogen-bond acceptors (Lipinski definition) is 1. The average molecular weight is 127 g/mol. The summed E-state index contributed by atoms with van der Waals surface area (Å²) in [5.41, 5.74) is 0. The van der Waals surface area contributed by atoms with Gasteiger partial charge in [-0.2, -0.15) is 0 Å². The fourth-order valence-corrected chi connectivity index (χ4v) is 1.37. The Morgan fingerprint density at radius 3 is 2.56 bits per heavy atom. The van der Waals surface area contributed by atoms with Crippen LogP contribution < -0.4 is 5.32 Å². The molecule has 1 saturated carbocycles. The molecular weight excluding hydrogens is 110 g/mol. The van der Waals surface area contributed by atoms with Crippen LogP contribution in [-0.4, -0.2) is 13.1 Å². The van der Waals surface area contributed by atoms with E-state index in [1.165, 1.54) is 19.4 Å². The third-order valence-electron chi connectivity index (χ3n) is 2.45. The van der Waals surface area contributed by atoms with Gasteiger partial charge in [-0.3, -0.25) is 0 Å². The second-order valence-electron chi connectivity index (χ2n) is 3.12. The predicted molar refractivity (Wildman–Crippen MR) is 40.4 cm³/mol. The van der Waals surface area contributed by atoms with E-state index in [4.69, 9.17) is 0 Å². The summed E-state index contributed by atoms with van der Waals surface area (Å²) in [5, 5.41) is 3.38. The Morgan fingerprint density at radius 2 is 2.22 bits per heavy atom. The van der Waals surface area contributed by atoms with Crippen LogP contribution in [0.3, 0.4) is 0 Å². The molecule has 1 heteroatoms. The van der Waals surface area contributed by atoms with Crippen LogP contribution in [0.1, 0.15) is 26.7 Å². The van der Waals surface area contributed by atoms with Crippen molar-refractivity contribution in [3.8, 4) is 0 Å². The van der Waals surface area contributed by atoms with Gasteiger partial charge in [-0.05, 0) is 31.3 Å². The lowest BCUT2D eigenvalue weighted by Gasteiger charge is -2.33. The number of nitrogens with one attached hydrogen (secondary N) is 1. The van der Waals surface area contributed by atoms with Crippen LogP contribution in [0.4, 0.5) is 0 Å². The lowest BCUT2D eigenvalue weighted by atomic mass is 9.75. The topological polar surface area (TPSA) is 12.0 Å². The van der Waals surface area contributed by atoms with Crippen molar-refractivity contribution >= 4 is 0 Å². The highest BCUT2D eigenvalue weighted by molar-refractivity contribution is 4.78. The summed E-state index contributed by atoms with van der Waals surface area (Å²) in [7, 11) is 0. The van der Waals surface area contributed by atoms with Gasteiger partial charge in [0.2, 0.25) is 0 Å². The number of rotatable bonds is 3. The third kappa shape index (κ3) is 1.68. The van der Waals surface area contributed by atoms with E-state index in [1.807, 2.05) is 0 Å². The fourth-order valence-electron chi connectivity index (χ4n) is 1.37. The molecule has 1 nitrogen and oxygen atoms in total. The number of hydrogen-bond donors (Lipinski definition) is 1. The molecule has 0 aromatic rings. The molecule has 1 aliphatic carbocycles. The maximum absolute atomic E-state index is 3.38. The van der Waals surface area contributed by atoms with E-state index in [0.29, 0.717) is 0 Å². The molecule has 0 heterocycles. The Balaban J connectivity index is 1.99. The first-order chi connectivity index (χ1) is 4.34. The predicted octanol–water partition coefficient (Wildman–Crippen LogP) is 1.64. The normalized spacial score (nSPS) is 34.0. The highest BCUT2D eigenvalue weighted by Gasteiger charge is 2.25. The minimum absolute atomic E-state index is 0.990. The van der Waals surface area contributed by atoms with Gasteiger partial charge in [0, 0.05) is 0 Å². The average Bonchev–Trinajstić information content (AvgIpc) is 1.86. The SMILES string of the molecule is CCNCC1CCC1C. The van der Waals surface area contributed by atoms with E-state index in [-0.39, 0.29) is 0 Å². The highest BCUT2D eigenvalue weighted by atomic mass is 14.8. The molecule has 0 aromatic carbocycles. The molecule has 54 valence electrons. The van der Waals surface area contributed by atoms with Crippen LogP contribution in [0.25, 0.3) is 0 Å². The molecule has 0 radical (unpaired) electrons. The minimum Gasteiger partial charge on any atom is -0.317 e. The summed E-state index contributed by atoms with van der Waals surface area (Å²) in [6.07, 6.45) is 2.91. The van der Waals surface area contributed by atoms with Crippen LogP contribution in [0, 0.1) is 11.8 Å². The molecule has 2 atom stereocenters. The third-order valence-corrected chi connectivity index (χ3v) is 2.45. The molecule has 0 spiro atoms. The molecule has 0 saturated heterocycles. The Kier molecular flexibility index (Phi) is 2.52. The summed E-state index contributed by atoms with van der Waals surface area (Å²) in [4.78, 5) is 0. The zero-order valence-electron chi connectivity index (χ0n) is 6.48. The highest BCUT2D eigenvalue weighted by Crippen LogP contribution is 2.32.